The molecule has 21 nitrogen and oxygen atoms in total. The maximum atomic E-state index is 11.5. The van der Waals surface area contributed by atoms with Crippen LogP contribution in [0.1, 0.15) is 183 Å². The first kappa shape index (κ1) is 61.4. The largest absolute Gasteiger partial charge is 0.356 e. The van der Waals surface area contributed by atoms with Crippen molar-refractivity contribution >= 4 is 70.9 Å². The van der Waals surface area contributed by atoms with Gasteiger partial charge in [0.05, 0.1) is 0 Å². The molecule has 3 aliphatic heterocycles. The molecule has 0 unspecified atom stereocenters. The summed E-state index contributed by atoms with van der Waals surface area (Å²) in [6.45, 7) is 16.8. The molecule has 0 saturated carbocycles. The quantitative estimate of drug-likeness (QED) is 0.0801. The Morgan fingerprint density at radius 3 is 0.970 bits per heavy atom. The predicted octanol–water partition coefficient (Wildman–Crippen LogP) is 4.37. The van der Waals surface area contributed by atoms with Crippen LogP contribution in [-0.4, -0.2) is 106 Å². The van der Waals surface area contributed by atoms with Gasteiger partial charge in [0.2, 0.25) is 11.8 Å². The number of ketones is 1. The highest BCUT2D eigenvalue weighted by Crippen LogP contribution is 2.16. The number of nitrogens with two attached hydrogens (primary N) is 1. The van der Waals surface area contributed by atoms with Gasteiger partial charge in [0.25, 0.3) is 35.4 Å². The smallest absolute Gasteiger partial charge is 0.333 e. The number of rotatable bonds is 26. The SMILES string of the molecule is CC(=O)CCCC(=O)NCCCC(C)C.CC(C)CCCN.CC(C)CCCNC(=O)CCCC(=O)ON1C(=O)CCC1=O.O=C(CCCC(=O)ON1C(=O)CCC1=O)ON1C(=O)CCC1=O. The van der Waals surface area contributed by atoms with E-state index in [1.807, 2.05) is 0 Å². The highest BCUT2D eigenvalue weighted by molar-refractivity contribution is 6.03. The number of hydroxylamine groups is 6. The normalized spacial score (nSPS) is 14.3. The van der Waals surface area contributed by atoms with Gasteiger partial charge in [0.1, 0.15) is 5.78 Å². The van der Waals surface area contributed by atoms with Crippen LogP contribution in [-0.2, 0) is 72.0 Å². The summed E-state index contributed by atoms with van der Waals surface area (Å²) in [4.78, 5) is 149. The third-order valence-corrected chi connectivity index (χ3v) is 9.62. The van der Waals surface area contributed by atoms with Crippen molar-refractivity contribution in [1.29, 1.82) is 0 Å². The van der Waals surface area contributed by atoms with Crippen LogP contribution >= 0.6 is 0 Å². The third-order valence-electron chi connectivity index (χ3n) is 9.62. The lowest BCUT2D eigenvalue weighted by Gasteiger charge is -2.13. The molecule has 380 valence electrons. The standard InChI is InChI=1S/C15H24N2O5.C13H14N2O8.C12H23NO2.C6H15N/c1-11(2)5-4-10-16-12(18)6-3-7-15(21)22-17-13(19)8-9-14(17)20;16-8-4-5-9(17)14(8)22-12(20)2-1-3-13(21)23-15-10(18)6-7-11(15)19;1-10(2)6-5-9-13-12(15)8-4-7-11(3)14;1-6(2)4-3-5-7/h11H,3-10H2,1-2H3,(H,16,18);1-7H2;10H,4-9H2,1-3H3,(H,13,15);6H,3-5,7H2,1-2H3. The fraction of sp³-hybridized carbons (Fsp3) is 0.739. The zero-order valence-corrected chi connectivity index (χ0v) is 40.7. The van der Waals surface area contributed by atoms with Crippen LogP contribution in [0.25, 0.3) is 0 Å². The number of hydrogen-bond donors (Lipinski definition) is 3. The summed E-state index contributed by atoms with van der Waals surface area (Å²) in [6.07, 6.45) is 8.53. The lowest BCUT2D eigenvalue weighted by molar-refractivity contribution is -0.199. The molecule has 0 aromatic carbocycles. The zero-order chi connectivity index (χ0) is 50.9. The third kappa shape index (κ3) is 31.1. The molecule has 0 radical (unpaired) electrons. The maximum Gasteiger partial charge on any atom is 0.333 e. The van der Waals surface area contributed by atoms with Crippen molar-refractivity contribution < 1.29 is 72.0 Å². The molecule has 0 aliphatic carbocycles. The van der Waals surface area contributed by atoms with Crippen molar-refractivity contribution in [3.63, 3.8) is 0 Å². The van der Waals surface area contributed by atoms with E-state index in [2.05, 4.69) is 61.9 Å². The van der Waals surface area contributed by atoms with Gasteiger partial charge in [-0.2, -0.15) is 0 Å². The molecule has 67 heavy (non-hydrogen) atoms. The number of Topliss-reactive ketones (excluding diaryl/α,β-unsaturated/α-hetero) is 1. The van der Waals surface area contributed by atoms with Crippen molar-refractivity contribution in [2.75, 3.05) is 19.6 Å². The Hall–Kier alpha value is -5.60. The predicted molar refractivity (Wildman–Crippen MR) is 241 cm³/mol. The molecule has 0 atom stereocenters. The van der Waals surface area contributed by atoms with Gasteiger partial charge < -0.3 is 35.7 Å². The van der Waals surface area contributed by atoms with E-state index < -0.39 is 53.4 Å². The minimum Gasteiger partial charge on any atom is -0.356 e. The Bertz CT molecular complexity index is 1570. The van der Waals surface area contributed by atoms with Gasteiger partial charge >= 0.3 is 17.9 Å². The molecular weight excluding hydrogens is 877 g/mol. The van der Waals surface area contributed by atoms with Crippen LogP contribution in [0.15, 0.2) is 0 Å². The summed E-state index contributed by atoms with van der Waals surface area (Å²) in [5.41, 5.74) is 5.28. The summed E-state index contributed by atoms with van der Waals surface area (Å²) >= 11 is 0. The molecule has 0 aromatic heterocycles. The minimum atomic E-state index is -0.838. The summed E-state index contributed by atoms with van der Waals surface area (Å²) in [5.74, 6) is -3.45. The van der Waals surface area contributed by atoms with E-state index in [9.17, 15) is 57.5 Å². The van der Waals surface area contributed by atoms with Gasteiger partial charge in [0, 0.05) is 90.1 Å². The molecule has 3 fully saturated rings. The summed E-state index contributed by atoms with van der Waals surface area (Å²) < 4.78 is 0. The fourth-order valence-corrected chi connectivity index (χ4v) is 5.86. The van der Waals surface area contributed by atoms with Crippen LogP contribution in [0.5, 0.6) is 0 Å². The first-order valence-corrected chi connectivity index (χ1v) is 23.5. The average molecular weight is 953 g/mol. The number of carbonyl (C=O) groups is 12. The maximum absolute atomic E-state index is 11.5. The second-order valence-electron chi connectivity index (χ2n) is 17.5. The first-order valence-electron chi connectivity index (χ1n) is 23.5. The van der Waals surface area contributed by atoms with Gasteiger partial charge in [-0.05, 0) is 89.0 Å². The highest BCUT2D eigenvalue weighted by atomic mass is 16.7. The number of hydrogen-bond acceptors (Lipinski definition) is 16. The molecule has 0 bridgehead atoms. The molecule has 0 aromatic rings. The Balaban J connectivity index is 0.000000926. The second kappa shape index (κ2) is 35.6. The first-order chi connectivity index (χ1) is 31.6. The van der Waals surface area contributed by atoms with Crippen molar-refractivity contribution in [2.24, 2.45) is 23.5 Å². The van der Waals surface area contributed by atoms with E-state index >= 15 is 0 Å². The van der Waals surface area contributed by atoms with E-state index in [-0.39, 0.29) is 88.2 Å². The van der Waals surface area contributed by atoms with Gasteiger partial charge in [-0.15, -0.1) is 15.2 Å². The molecule has 3 aliphatic rings. The Kier molecular flexibility index (Phi) is 32.6. The second-order valence-corrected chi connectivity index (χ2v) is 17.5. The number of amides is 8. The summed E-state index contributed by atoms with van der Waals surface area (Å²) in [6, 6.07) is 0. The molecule has 3 rings (SSSR count). The minimum absolute atomic E-state index is 0.00350. The van der Waals surface area contributed by atoms with E-state index in [0.717, 1.165) is 44.7 Å². The fourth-order valence-electron chi connectivity index (χ4n) is 5.86. The highest BCUT2D eigenvalue weighted by Gasteiger charge is 2.35. The molecular formula is C46H76N6O15. The Morgan fingerprint density at radius 1 is 0.448 bits per heavy atom. The van der Waals surface area contributed by atoms with Crippen molar-refractivity contribution in [2.45, 2.75) is 183 Å². The molecule has 21 heteroatoms. The zero-order valence-electron chi connectivity index (χ0n) is 40.7. The van der Waals surface area contributed by atoms with Crippen molar-refractivity contribution in [1.82, 2.24) is 25.8 Å². The molecule has 3 saturated heterocycles. The lowest BCUT2D eigenvalue weighted by Crippen LogP contribution is -2.32. The van der Waals surface area contributed by atoms with Crippen LogP contribution in [0.3, 0.4) is 0 Å². The van der Waals surface area contributed by atoms with Gasteiger partial charge in [-0.25, -0.2) is 14.4 Å². The summed E-state index contributed by atoms with van der Waals surface area (Å²) in [7, 11) is 0. The lowest BCUT2D eigenvalue weighted by atomic mass is 10.1. The summed E-state index contributed by atoms with van der Waals surface area (Å²) in [5, 5.41) is 7.01. The number of nitrogens with one attached hydrogen (secondary N) is 2. The number of carbonyl (C=O) groups excluding carboxylic acids is 12. The topological polar surface area (TPSA) is 292 Å². The Labute approximate surface area is 394 Å². The van der Waals surface area contributed by atoms with Crippen molar-refractivity contribution in [3.05, 3.63) is 0 Å². The number of imide groups is 3. The molecule has 4 N–H and O–H groups in total. The van der Waals surface area contributed by atoms with Crippen LogP contribution < -0.4 is 16.4 Å². The van der Waals surface area contributed by atoms with Gasteiger partial charge in [-0.3, -0.25) is 38.4 Å². The van der Waals surface area contributed by atoms with Crippen LogP contribution in [0.4, 0.5) is 0 Å². The molecule has 8 amide bonds. The van der Waals surface area contributed by atoms with E-state index in [4.69, 9.17) is 10.6 Å². The van der Waals surface area contributed by atoms with Crippen LogP contribution in [0.2, 0.25) is 0 Å². The van der Waals surface area contributed by atoms with E-state index in [1.54, 1.807) is 6.92 Å². The number of nitrogens with zero attached hydrogens (tertiary/aromatic N) is 3. The Morgan fingerprint density at radius 2 is 0.716 bits per heavy atom. The van der Waals surface area contributed by atoms with Crippen LogP contribution in [0, 0.1) is 17.8 Å². The molecule has 0 spiro atoms. The average Bonchev–Trinajstić information content (AvgIpc) is 3.86. The monoisotopic (exact) mass is 953 g/mol. The van der Waals surface area contributed by atoms with E-state index in [1.165, 1.54) is 12.8 Å². The van der Waals surface area contributed by atoms with E-state index in [0.29, 0.717) is 59.3 Å². The van der Waals surface area contributed by atoms with Crippen molar-refractivity contribution in [3.8, 4) is 0 Å². The van der Waals surface area contributed by atoms with Gasteiger partial charge in [0.15, 0.2) is 0 Å². The molecule has 3 heterocycles. The van der Waals surface area contributed by atoms with Gasteiger partial charge in [-0.1, -0.05) is 41.5 Å².